The van der Waals surface area contributed by atoms with Gasteiger partial charge in [0, 0.05) is 18.7 Å². The highest BCUT2D eigenvalue weighted by atomic mass is 32.2. The van der Waals surface area contributed by atoms with Crippen LogP contribution in [0.5, 0.6) is 0 Å². The monoisotopic (exact) mass is 523 g/mol. The van der Waals surface area contributed by atoms with Crippen LogP contribution in [0, 0.1) is 11.6 Å². The Kier molecular flexibility index (Phi) is 7.64. The van der Waals surface area contributed by atoms with Gasteiger partial charge in [-0.1, -0.05) is 36.5 Å². The molecule has 35 heavy (non-hydrogen) atoms. The molecule has 0 saturated heterocycles. The molecular formula is C23H27F2N5O3S2. The first-order chi connectivity index (χ1) is 16.6. The summed E-state index contributed by atoms with van der Waals surface area (Å²) in [7, 11) is -3.31. The molecule has 0 amide bonds. The lowest BCUT2D eigenvalue weighted by Gasteiger charge is -2.30. The van der Waals surface area contributed by atoms with Crippen LogP contribution in [0.4, 0.5) is 19.0 Å². The summed E-state index contributed by atoms with van der Waals surface area (Å²) in [5.74, 6) is -1.54. The number of nitrogens with two attached hydrogens (primary N) is 1. The summed E-state index contributed by atoms with van der Waals surface area (Å²) in [6.07, 6.45) is -0.165. The van der Waals surface area contributed by atoms with Gasteiger partial charge in [0.05, 0.1) is 23.7 Å². The average Bonchev–Trinajstić information content (AvgIpc) is 3.19. The van der Waals surface area contributed by atoms with Crippen LogP contribution in [0.25, 0.3) is 0 Å². The number of hydrogen-bond donors (Lipinski definition) is 4. The van der Waals surface area contributed by atoms with Gasteiger partial charge < -0.3 is 21.5 Å². The predicted molar refractivity (Wildman–Crippen MR) is 132 cm³/mol. The molecule has 2 aromatic carbocycles. The first kappa shape index (κ1) is 25.4. The molecule has 5 N–H and O–H groups in total. The maximum atomic E-state index is 13.7. The van der Waals surface area contributed by atoms with E-state index in [1.807, 2.05) is 25.1 Å². The second-order valence-corrected chi connectivity index (χ2v) is 11.8. The molecule has 12 heteroatoms. The van der Waals surface area contributed by atoms with Gasteiger partial charge in [-0.2, -0.15) is 0 Å². The Balaban J connectivity index is 1.54. The predicted octanol–water partition coefficient (Wildman–Crippen LogP) is 2.60. The number of aromatic nitrogens is 2. The maximum Gasteiger partial charge on any atom is 0.207 e. The minimum absolute atomic E-state index is 0.0130. The number of sulfone groups is 1. The Morgan fingerprint density at radius 3 is 2.57 bits per heavy atom. The highest BCUT2D eigenvalue weighted by molar-refractivity contribution is 7.90. The van der Waals surface area contributed by atoms with Crippen LogP contribution in [0.3, 0.4) is 0 Å². The Morgan fingerprint density at radius 1 is 1.17 bits per heavy atom. The van der Waals surface area contributed by atoms with Crippen molar-refractivity contribution in [3.63, 3.8) is 0 Å². The molecule has 8 nitrogen and oxygen atoms in total. The lowest BCUT2D eigenvalue weighted by Crippen LogP contribution is -2.45. The van der Waals surface area contributed by atoms with E-state index in [0.29, 0.717) is 10.7 Å². The van der Waals surface area contributed by atoms with Gasteiger partial charge >= 0.3 is 0 Å². The van der Waals surface area contributed by atoms with E-state index in [-0.39, 0.29) is 29.6 Å². The zero-order valence-corrected chi connectivity index (χ0v) is 20.7. The first-order valence-electron chi connectivity index (χ1n) is 11.2. The van der Waals surface area contributed by atoms with Gasteiger partial charge in [-0.15, -0.1) is 10.2 Å². The quantitative estimate of drug-likeness (QED) is 0.337. The van der Waals surface area contributed by atoms with Gasteiger partial charge in [-0.3, -0.25) is 0 Å². The molecule has 0 aliphatic carbocycles. The summed E-state index contributed by atoms with van der Waals surface area (Å²) in [5, 5.41) is 25.5. The number of nitrogens with zero attached hydrogens (tertiary/aromatic N) is 2. The number of nitrogens with one attached hydrogen (secondary N) is 2. The highest BCUT2D eigenvalue weighted by Gasteiger charge is 2.31. The fraction of sp³-hybridized carbons (Fsp3) is 0.391. The van der Waals surface area contributed by atoms with Crippen LogP contribution >= 0.6 is 11.3 Å². The number of rotatable bonds is 9. The largest absolute Gasteiger partial charge is 0.390 e. The van der Waals surface area contributed by atoms with Crippen LogP contribution in [0.1, 0.15) is 35.2 Å². The molecule has 3 aromatic rings. The van der Waals surface area contributed by atoms with Gasteiger partial charge in [0.1, 0.15) is 11.6 Å². The lowest BCUT2D eigenvalue weighted by atomic mass is 9.97. The van der Waals surface area contributed by atoms with E-state index in [2.05, 4.69) is 20.8 Å². The molecule has 188 valence electrons. The minimum Gasteiger partial charge on any atom is -0.390 e. The molecular weight excluding hydrogens is 496 g/mol. The summed E-state index contributed by atoms with van der Waals surface area (Å²) < 4.78 is 52.5. The number of benzene rings is 2. The number of aliphatic hydroxyl groups is 1. The summed E-state index contributed by atoms with van der Waals surface area (Å²) in [6, 6.07) is 7.75. The molecule has 0 fully saturated rings. The molecule has 2 heterocycles. The van der Waals surface area contributed by atoms with E-state index in [1.54, 1.807) is 0 Å². The molecule has 1 aliphatic rings. The third-order valence-electron chi connectivity index (χ3n) is 5.96. The van der Waals surface area contributed by atoms with E-state index in [4.69, 9.17) is 5.73 Å². The van der Waals surface area contributed by atoms with E-state index in [9.17, 15) is 22.3 Å². The second-order valence-electron chi connectivity index (χ2n) is 8.65. The minimum atomic E-state index is -3.31. The second kappa shape index (κ2) is 10.5. The standard InChI is InChI=1S/C23H27F2N5O3S2/c1-2-13-3-4-15-11-35(32,33)12-20(18(15)7-13)27-10-21(31)19(28-23-30-29-22(26)34-23)8-14-5-16(24)9-17(25)6-14/h3-7,9,19-21,27,31H,2,8,10-12H2,1H3,(H2,26,29)(H,28,30). The average molecular weight is 524 g/mol. The van der Waals surface area contributed by atoms with Gasteiger partial charge in [-0.25, -0.2) is 17.2 Å². The van der Waals surface area contributed by atoms with Crippen molar-refractivity contribution in [2.75, 3.05) is 23.3 Å². The molecule has 3 atom stereocenters. The van der Waals surface area contributed by atoms with E-state index in [0.717, 1.165) is 40.5 Å². The SMILES string of the molecule is CCc1ccc2c(c1)C(NCC(O)C(Cc1cc(F)cc(F)c1)Nc1nnc(N)s1)CS(=O)(=O)C2. The Morgan fingerprint density at radius 2 is 1.91 bits per heavy atom. The third-order valence-corrected chi connectivity index (χ3v) is 8.23. The van der Waals surface area contributed by atoms with E-state index < -0.39 is 39.7 Å². The van der Waals surface area contributed by atoms with Crippen molar-refractivity contribution in [3.05, 3.63) is 70.3 Å². The molecule has 0 bridgehead atoms. The molecule has 0 saturated carbocycles. The number of anilines is 2. The summed E-state index contributed by atoms with van der Waals surface area (Å²) in [6.45, 7) is 2.05. The summed E-state index contributed by atoms with van der Waals surface area (Å²) in [5.41, 5.74) is 8.73. The fourth-order valence-corrected chi connectivity index (χ4v) is 6.48. The number of aliphatic hydroxyl groups excluding tert-OH is 1. The van der Waals surface area contributed by atoms with Crippen molar-refractivity contribution in [3.8, 4) is 0 Å². The van der Waals surface area contributed by atoms with Crippen LogP contribution < -0.4 is 16.4 Å². The number of fused-ring (bicyclic) bond motifs is 1. The molecule has 4 rings (SSSR count). The molecule has 1 aliphatic heterocycles. The van der Waals surface area contributed by atoms with Gasteiger partial charge in [0.25, 0.3) is 0 Å². The van der Waals surface area contributed by atoms with Crippen LogP contribution in [0.2, 0.25) is 0 Å². The number of hydrogen-bond acceptors (Lipinski definition) is 9. The van der Waals surface area contributed by atoms with Crippen LogP contribution in [-0.4, -0.2) is 48.2 Å². The Bertz CT molecular complexity index is 1280. The summed E-state index contributed by atoms with van der Waals surface area (Å²) in [4.78, 5) is 0. The van der Waals surface area contributed by atoms with Crippen molar-refractivity contribution in [2.45, 2.75) is 43.7 Å². The lowest BCUT2D eigenvalue weighted by molar-refractivity contribution is 0.145. The smallest absolute Gasteiger partial charge is 0.207 e. The number of aryl methyl sites for hydroxylation is 1. The van der Waals surface area contributed by atoms with Crippen molar-refractivity contribution in [1.82, 2.24) is 15.5 Å². The number of nitrogen functional groups attached to an aromatic ring is 1. The van der Waals surface area contributed by atoms with Gasteiger partial charge in [-0.05, 0) is 47.2 Å². The molecule has 1 aromatic heterocycles. The van der Waals surface area contributed by atoms with E-state index >= 15 is 0 Å². The van der Waals surface area contributed by atoms with E-state index in [1.165, 1.54) is 12.1 Å². The zero-order chi connectivity index (χ0) is 25.2. The highest BCUT2D eigenvalue weighted by Crippen LogP contribution is 2.30. The topological polar surface area (TPSA) is 130 Å². The van der Waals surface area contributed by atoms with Crippen LogP contribution in [0.15, 0.2) is 36.4 Å². The summed E-state index contributed by atoms with van der Waals surface area (Å²) >= 11 is 1.08. The van der Waals surface area contributed by atoms with Crippen molar-refractivity contribution in [2.24, 2.45) is 0 Å². The molecule has 3 unspecified atom stereocenters. The fourth-order valence-electron chi connectivity index (χ4n) is 4.25. The van der Waals surface area contributed by atoms with Crippen molar-refractivity contribution < 1.29 is 22.3 Å². The van der Waals surface area contributed by atoms with Gasteiger partial charge in [0.15, 0.2) is 9.84 Å². The molecule has 0 spiro atoms. The first-order valence-corrected chi connectivity index (χ1v) is 13.8. The van der Waals surface area contributed by atoms with Gasteiger partial charge in [0.2, 0.25) is 10.3 Å². The van der Waals surface area contributed by atoms with Crippen molar-refractivity contribution in [1.29, 1.82) is 0 Å². The number of halogens is 2. The zero-order valence-electron chi connectivity index (χ0n) is 19.0. The van der Waals surface area contributed by atoms with Crippen molar-refractivity contribution >= 4 is 31.4 Å². The third kappa shape index (κ3) is 6.51. The molecule has 0 radical (unpaired) electrons. The Hall–Kier alpha value is -2.67. The Labute approximate surface area is 206 Å². The van der Waals surface area contributed by atoms with Crippen LogP contribution in [-0.2, 0) is 28.4 Å². The normalized spacial score (nSPS) is 18.6. The maximum absolute atomic E-state index is 13.7.